The molecule has 178 valence electrons. The number of hydrogen-bond acceptors (Lipinski definition) is 4. The van der Waals surface area contributed by atoms with Crippen LogP contribution in [0.4, 0.5) is 0 Å². The van der Waals surface area contributed by atoms with Crippen LogP contribution in [0.25, 0.3) is 22.4 Å². The van der Waals surface area contributed by atoms with Gasteiger partial charge in [-0.3, -0.25) is 4.79 Å². The van der Waals surface area contributed by atoms with Crippen LogP contribution in [0.2, 0.25) is 0 Å². The van der Waals surface area contributed by atoms with Crippen LogP contribution in [0, 0.1) is 5.92 Å². The van der Waals surface area contributed by atoms with E-state index in [2.05, 4.69) is 9.88 Å². The van der Waals surface area contributed by atoms with E-state index in [4.69, 9.17) is 9.72 Å². The fourth-order valence-corrected chi connectivity index (χ4v) is 5.14. The molecule has 0 aliphatic heterocycles. The van der Waals surface area contributed by atoms with Crippen molar-refractivity contribution in [2.75, 3.05) is 7.11 Å². The van der Waals surface area contributed by atoms with Gasteiger partial charge in [-0.05, 0) is 48.6 Å². The average Bonchev–Trinajstić information content (AvgIpc) is 3.57. The summed E-state index contributed by atoms with van der Waals surface area (Å²) < 4.78 is 7.01. The highest BCUT2D eigenvalue weighted by molar-refractivity contribution is 5.92. The molecule has 1 unspecified atom stereocenters. The molecule has 0 saturated heterocycles. The van der Waals surface area contributed by atoms with Crippen molar-refractivity contribution >= 4 is 22.9 Å². The number of fused-ring (bicyclic) bond motifs is 1. The summed E-state index contributed by atoms with van der Waals surface area (Å²) in [5.74, 6) is 0.492. The van der Waals surface area contributed by atoms with Crippen LogP contribution in [0.3, 0.4) is 0 Å². The third-order valence-corrected chi connectivity index (χ3v) is 6.84. The summed E-state index contributed by atoms with van der Waals surface area (Å²) in [5, 5.41) is 3.18. The van der Waals surface area contributed by atoms with Gasteiger partial charge in [-0.25, -0.2) is 9.78 Å². The number of rotatable bonds is 7. The number of para-hydroxylation sites is 2. The molecule has 6 nitrogen and oxygen atoms in total. The minimum absolute atomic E-state index is 0.00530. The van der Waals surface area contributed by atoms with Crippen LogP contribution in [-0.2, 0) is 16.1 Å². The van der Waals surface area contributed by atoms with Crippen molar-refractivity contribution in [3.63, 3.8) is 0 Å². The minimum atomic E-state index is -0.401. The average molecular weight is 468 g/mol. The van der Waals surface area contributed by atoms with Crippen molar-refractivity contribution in [1.29, 1.82) is 0 Å². The number of imidazole rings is 1. The fraction of sp³-hybridized carbons (Fsp3) is 0.276. The summed E-state index contributed by atoms with van der Waals surface area (Å²) in [4.78, 5) is 31.0. The first-order valence-corrected chi connectivity index (χ1v) is 12.1. The van der Waals surface area contributed by atoms with Gasteiger partial charge in [0.15, 0.2) is 0 Å². The Kier molecular flexibility index (Phi) is 6.62. The number of nitrogens with one attached hydrogen (secondary N) is 1. The molecule has 1 aliphatic carbocycles. The topological polar surface area (TPSA) is 73.2 Å². The molecular weight excluding hydrogens is 438 g/mol. The second kappa shape index (κ2) is 10.1. The normalized spacial score (nSPS) is 14.7. The van der Waals surface area contributed by atoms with Gasteiger partial charge in [-0.15, -0.1) is 0 Å². The lowest BCUT2D eigenvalue weighted by molar-refractivity contribution is -0.125. The number of aromatic nitrogens is 2. The number of methoxy groups -OCH3 is 1. The Balaban J connectivity index is 1.60. The summed E-state index contributed by atoms with van der Waals surface area (Å²) in [7, 11) is 1.37. The number of nitrogens with zero attached hydrogens (tertiary/aromatic N) is 2. The zero-order valence-electron chi connectivity index (χ0n) is 19.8. The maximum absolute atomic E-state index is 13.8. The van der Waals surface area contributed by atoms with Crippen molar-refractivity contribution in [3.8, 4) is 11.4 Å². The molecule has 5 rings (SSSR count). The minimum Gasteiger partial charge on any atom is -0.465 e. The van der Waals surface area contributed by atoms with E-state index in [1.165, 1.54) is 7.11 Å². The van der Waals surface area contributed by atoms with Gasteiger partial charge < -0.3 is 14.6 Å². The van der Waals surface area contributed by atoms with Crippen molar-refractivity contribution in [1.82, 2.24) is 14.9 Å². The van der Waals surface area contributed by atoms with Gasteiger partial charge in [0.05, 0.1) is 23.7 Å². The SMILES string of the molecule is COC(=O)c1cccc(-c2nc3ccccc3n2C(C(=O)NCc2ccccc2)C2CCCC2)c1. The number of carbonyl (C=O) groups excluding carboxylic acids is 2. The van der Waals surface area contributed by atoms with Gasteiger partial charge in [0.1, 0.15) is 11.9 Å². The molecule has 1 saturated carbocycles. The van der Waals surface area contributed by atoms with Crippen LogP contribution in [0.1, 0.15) is 47.6 Å². The molecule has 3 aromatic carbocycles. The Morgan fingerprint density at radius 2 is 1.74 bits per heavy atom. The molecule has 1 atom stereocenters. The summed E-state index contributed by atoms with van der Waals surface area (Å²) >= 11 is 0. The first-order chi connectivity index (χ1) is 17.2. The number of benzene rings is 3. The Hall–Kier alpha value is -3.93. The molecule has 0 radical (unpaired) electrons. The van der Waals surface area contributed by atoms with E-state index in [1.54, 1.807) is 12.1 Å². The molecular formula is C29H29N3O3. The summed E-state index contributed by atoms with van der Waals surface area (Å²) in [6, 6.07) is 24.7. The highest BCUT2D eigenvalue weighted by Gasteiger charge is 2.35. The number of carbonyl (C=O) groups is 2. The van der Waals surface area contributed by atoms with Gasteiger partial charge in [-0.1, -0.05) is 67.4 Å². The third-order valence-electron chi connectivity index (χ3n) is 6.84. The van der Waals surface area contributed by atoms with E-state index >= 15 is 0 Å². The maximum atomic E-state index is 13.8. The predicted molar refractivity (Wildman–Crippen MR) is 136 cm³/mol. The Morgan fingerprint density at radius 3 is 2.51 bits per heavy atom. The first kappa shape index (κ1) is 22.8. The summed E-state index contributed by atoms with van der Waals surface area (Å²) in [5.41, 5.74) is 4.03. The van der Waals surface area contributed by atoms with Crippen molar-refractivity contribution in [2.45, 2.75) is 38.3 Å². The van der Waals surface area contributed by atoms with Crippen molar-refractivity contribution in [3.05, 3.63) is 90.0 Å². The molecule has 1 aliphatic rings. The van der Waals surface area contributed by atoms with Crippen LogP contribution in [-0.4, -0.2) is 28.5 Å². The lowest BCUT2D eigenvalue weighted by Gasteiger charge is -2.27. The number of amides is 1. The predicted octanol–water partition coefficient (Wildman–Crippen LogP) is 5.54. The zero-order valence-corrected chi connectivity index (χ0v) is 19.8. The molecule has 6 heteroatoms. The van der Waals surface area contributed by atoms with Crippen LogP contribution >= 0.6 is 0 Å². The van der Waals surface area contributed by atoms with Crippen LogP contribution < -0.4 is 5.32 Å². The van der Waals surface area contributed by atoms with Crippen LogP contribution in [0.5, 0.6) is 0 Å². The largest absolute Gasteiger partial charge is 0.465 e. The van der Waals surface area contributed by atoms with E-state index in [1.807, 2.05) is 66.7 Å². The molecule has 0 spiro atoms. The van der Waals surface area contributed by atoms with Crippen LogP contribution in [0.15, 0.2) is 78.9 Å². The fourth-order valence-electron chi connectivity index (χ4n) is 5.14. The molecule has 1 aromatic heterocycles. The molecule has 1 amide bonds. The third kappa shape index (κ3) is 4.69. The molecule has 1 fully saturated rings. The van der Waals surface area contributed by atoms with E-state index in [9.17, 15) is 9.59 Å². The molecule has 1 N–H and O–H groups in total. The Labute approximate surface area is 204 Å². The van der Waals surface area contributed by atoms with Gasteiger partial charge in [0.25, 0.3) is 0 Å². The van der Waals surface area contributed by atoms with Gasteiger partial charge in [-0.2, -0.15) is 0 Å². The maximum Gasteiger partial charge on any atom is 0.337 e. The van der Waals surface area contributed by atoms with E-state index in [-0.39, 0.29) is 11.8 Å². The monoisotopic (exact) mass is 467 g/mol. The molecule has 4 aromatic rings. The van der Waals surface area contributed by atoms with Crippen molar-refractivity contribution in [2.24, 2.45) is 5.92 Å². The quantitative estimate of drug-likeness (QED) is 0.362. The lowest BCUT2D eigenvalue weighted by Crippen LogP contribution is -2.36. The summed E-state index contributed by atoms with van der Waals surface area (Å²) in [6.07, 6.45) is 4.23. The van der Waals surface area contributed by atoms with E-state index in [0.717, 1.165) is 47.8 Å². The number of esters is 1. The van der Waals surface area contributed by atoms with Crippen molar-refractivity contribution < 1.29 is 14.3 Å². The van der Waals surface area contributed by atoms with E-state index < -0.39 is 12.0 Å². The van der Waals surface area contributed by atoms with Gasteiger partial charge in [0, 0.05) is 12.1 Å². The standard InChI is InChI=1S/C29H29N3O3/c1-35-29(34)23-15-9-14-22(18-23)27-31-24-16-7-8-17-25(24)32(27)26(21-12-5-6-13-21)28(33)30-19-20-10-3-2-4-11-20/h2-4,7-11,14-18,21,26H,5-6,12-13,19H2,1H3,(H,30,33). The molecule has 1 heterocycles. The highest BCUT2D eigenvalue weighted by Crippen LogP contribution is 2.39. The first-order valence-electron chi connectivity index (χ1n) is 12.1. The lowest BCUT2D eigenvalue weighted by atomic mass is 9.96. The van der Waals surface area contributed by atoms with Gasteiger partial charge in [0.2, 0.25) is 5.91 Å². The highest BCUT2D eigenvalue weighted by atomic mass is 16.5. The number of ether oxygens (including phenoxy) is 1. The Bertz CT molecular complexity index is 1340. The van der Waals surface area contributed by atoms with Gasteiger partial charge >= 0.3 is 5.97 Å². The summed E-state index contributed by atoms with van der Waals surface area (Å²) in [6.45, 7) is 0.475. The van der Waals surface area contributed by atoms with E-state index in [0.29, 0.717) is 17.9 Å². The number of hydrogen-bond donors (Lipinski definition) is 1. The molecule has 0 bridgehead atoms. The zero-order chi connectivity index (χ0) is 24.2. The second-order valence-electron chi connectivity index (χ2n) is 9.06. The molecule has 35 heavy (non-hydrogen) atoms. The second-order valence-corrected chi connectivity index (χ2v) is 9.06. The smallest absolute Gasteiger partial charge is 0.337 e. The Morgan fingerprint density at radius 1 is 1.00 bits per heavy atom.